The molecule has 2 aliphatic heterocycles. The normalized spacial score (nSPS) is 17.7. The summed E-state index contributed by atoms with van der Waals surface area (Å²) in [4.78, 5) is 29.3. The molecule has 2 fully saturated rings. The summed E-state index contributed by atoms with van der Waals surface area (Å²) in [6.45, 7) is 8.31. The number of amides is 1. The molecule has 0 N–H and O–H groups in total. The van der Waals surface area contributed by atoms with Crippen molar-refractivity contribution in [1.82, 2.24) is 19.8 Å². The Kier molecular flexibility index (Phi) is 6.86. The number of piperazine rings is 1. The fraction of sp³-hybridized carbons (Fsp3) is 0.393. The van der Waals surface area contributed by atoms with Gasteiger partial charge in [-0.3, -0.25) is 9.69 Å². The van der Waals surface area contributed by atoms with Gasteiger partial charge in [0.15, 0.2) is 5.82 Å². The SMILES string of the molecule is Cc1ccc(-c2nccc(N3CCC(C(=O)N4CCN(Cc5ccccc5)CC4)CC3)n2)cc1. The minimum Gasteiger partial charge on any atom is -0.356 e. The molecule has 176 valence electrons. The van der Waals surface area contributed by atoms with Gasteiger partial charge >= 0.3 is 0 Å². The van der Waals surface area contributed by atoms with Gasteiger partial charge in [-0.05, 0) is 31.4 Å². The summed E-state index contributed by atoms with van der Waals surface area (Å²) >= 11 is 0. The van der Waals surface area contributed by atoms with Crippen molar-refractivity contribution in [1.29, 1.82) is 0 Å². The van der Waals surface area contributed by atoms with E-state index in [4.69, 9.17) is 4.98 Å². The first kappa shape index (κ1) is 22.5. The second-order valence-corrected chi connectivity index (χ2v) is 9.45. The zero-order valence-electron chi connectivity index (χ0n) is 19.9. The molecule has 0 atom stereocenters. The van der Waals surface area contributed by atoms with Crippen LogP contribution in [-0.4, -0.2) is 64.9 Å². The highest BCUT2D eigenvalue weighted by Crippen LogP contribution is 2.25. The van der Waals surface area contributed by atoms with Crippen molar-refractivity contribution >= 4 is 11.7 Å². The molecule has 0 bridgehead atoms. The number of aromatic nitrogens is 2. The summed E-state index contributed by atoms with van der Waals surface area (Å²) in [6.07, 6.45) is 3.60. The molecule has 1 aromatic heterocycles. The number of nitrogens with zero attached hydrogens (tertiary/aromatic N) is 5. The molecule has 3 heterocycles. The third kappa shape index (κ3) is 5.28. The van der Waals surface area contributed by atoms with E-state index in [1.165, 1.54) is 11.1 Å². The molecule has 34 heavy (non-hydrogen) atoms. The molecule has 2 aliphatic rings. The summed E-state index contributed by atoms with van der Waals surface area (Å²) in [7, 11) is 0. The molecule has 3 aromatic rings. The number of anilines is 1. The first-order valence-electron chi connectivity index (χ1n) is 12.4. The third-order valence-electron chi connectivity index (χ3n) is 7.05. The van der Waals surface area contributed by atoms with Crippen LogP contribution in [0.4, 0.5) is 5.82 Å². The predicted octanol–water partition coefficient (Wildman–Crippen LogP) is 4.01. The lowest BCUT2D eigenvalue weighted by molar-refractivity contribution is -0.138. The van der Waals surface area contributed by atoms with Crippen molar-refractivity contribution in [2.45, 2.75) is 26.3 Å². The lowest BCUT2D eigenvalue weighted by Gasteiger charge is -2.38. The summed E-state index contributed by atoms with van der Waals surface area (Å²) in [6, 6.07) is 20.9. The molecule has 0 radical (unpaired) electrons. The van der Waals surface area contributed by atoms with Crippen LogP contribution in [0.5, 0.6) is 0 Å². The first-order valence-corrected chi connectivity index (χ1v) is 12.4. The Morgan fingerprint density at radius 1 is 0.882 bits per heavy atom. The minimum atomic E-state index is 0.121. The smallest absolute Gasteiger partial charge is 0.225 e. The minimum absolute atomic E-state index is 0.121. The van der Waals surface area contributed by atoms with E-state index in [2.05, 4.69) is 81.2 Å². The second-order valence-electron chi connectivity index (χ2n) is 9.45. The molecule has 6 heteroatoms. The van der Waals surface area contributed by atoms with E-state index in [1.54, 1.807) is 0 Å². The molecule has 0 unspecified atom stereocenters. The zero-order chi connectivity index (χ0) is 23.3. The van der Waals surface area contributed by atoms with Crippen LogP contribution in [0.25, 0.3) is 11.4 Å². The number of hydrogen-bond donors (Lipinski definition) is 0. The van der Waals surface area contributed by atoms with Crippen molar-refractivity contribution in [2.75, 3.05) is 44.2 Å². The van der Waals surface area contributed by atoms with Crippen LogP contribution < -0.4 is 4.90 Å². The summed E-state index contributed by atoms with van der Waals surface area (Å²) in [5, 5.41) is 0. The maximum absolute atomic E-state index is 13.2. The van der Waals surface area contributed by atoms with Crippen LogP contribution in [0, 0.1) is 12.8 Å². The van der Waals surface area contributed by atoms with Crippen LogP contribution >= 0.6 is 0 Å². The van der Waals surface area contributed by atoms with Gasteiger partial charge in [0.2, 0.25) is 5.91 Å². The average Bonchev–Trinajstić information content (AvgIpc) is 2.90. The van der Waals surface area contributed by atoms with Gasteiger partial charge in [0.25, 0.3) is 0 Å². The Bertz CT molecular complexity index is 1090. The van der Waals surface area contributed by atoms with Gasteiger partial charge < -0.3 is 9.80 Å². The molecule has 2 aromatic carbocycles. The van der Waals surface area contributed by atoms with Crippen molar-refractivity contribution < 1.29 is 4.79 Å². The topological polar surface area (TPSA) is 52.6 Å². The molecule has 6 nitrogen and oxygen atoms in total. The highest BCUT2D eigenvalue weighted by Gasteiger charge is 2.30. The average molecular weight is 456 g/mol. The lowest BCUT2D eigenvalue weighted by Crippen LogP contribution is -2.51. The lowest BCUT2D eigenvalue weighted by atomic mass is 9.95. The molecule has 0 aliphatic carbocycles. The summed E-state index contributed by atoms with van der Waals surface area (Å²) < 4.78 is 0. The van der Waals surface area contributed by atoms with E-state index in [1.807, 2.05) is 12.3 Å². The molecule has 1 amide bonds. The first-order chi connectivity index (χ1) is 16.7. The van der Waals surface area contributed by atoms with Crippen molar-refractivity contribution in [3.05, 3.63) is 78.0 Å². The molecule has 0 saturated carbocycles. The summed E-state index contributed by atoms with van der Waals surface area (Å²) in [5.74, 6) is 2.16. The van der Waals surface area contributed by atoms with Gasteiger partial charge in [-0.25, -0.2) is 9.97 Å². The zero-order valence-corrected chi connectivity index (χ0v) is 19.9. The molecule has 2 saturated heterocycles. The largest absolute Gasteiger partial charge is 0.356 e. The highest BCUT2D eigenvalue weighted by molar-refractivity contribution is 5.79. The fourth-order valence-corrected chi connectivity index (χ4v) is 4.95. The Labute approximate surface area is 202 Å². The molecular weight excluding hydrogens is 422 g/mol. The van der Waals surface area contributed by atoms with Gasteiger partial charge in [-0.2, -0.15) is 0 Å². The Morgan fingerprint density at radius 3 is 2.29 bits per heavy atom. The van der Waals surface area contributed by atoms with E-state index in [0.29, 0.717) is 5.91 Å². The van der Waals surface area contributed by atoms with Crippen LogP contribution in [0.1, 0.15) is 24.0 Å². The van der Waals surface area contributed by atoms with Gasteiger partial charge in [-0.1, -0.05) is 60.2 Å². The van der Waals surface area contributed by atoms with E-state index < -0.39 is 0 Å². The second kappa shape index (κ2) is 10.3. The molecular formula is C28H33N5O. The Morgan fingerprint density at radius 2 is 1.59 bits per heavy atom. The maximum atomic E-state index is 13.2. The highest BCUT2D eigenvalue weighted by atomic mass is 16.2. The van der Waals surface area contributed by atoms with Gasteiger partial charge in [0.1, 0.15) is 5.82 Å². The number of rotatable bonds is 5. The predicted molar refractivity (Wildman–Crippen MR) is 135 cm³/mol. The number of carbonyl (C=O) groups is 1. The molecule has 0 spiro atoms. The fourth-order valence-electron chi connectivity index (χ4n) is 4.95. The monoisotopic (exact) mass is 455 g/mol. The van der Waals surface area contributed by atoms with Gasteiger partial charge in [-0.15, -0.1) is 0 Å². The van der Waals surface area contributed by atoms with Crippen LogP contribution in [0.2, 0.25) is 0 Å². The summed E-state index contributed by atoms with van der Waals surface area (Å²) in [5.41, 5.74) is 3.60. The van der Waals surface area contributed by atoms with Crippen molar-refractivity contribution in [3.8, 4) is 11.4 Å². The number of aryl methyl sites for hydroxylation is 1. The number of piperidine rings is 1. The molecule has 5 rings (SSSR count). The van der Waals surface area contributed by atoms with Gasteiger partial charge in [0.05, 0.1) is 0 Å². The van der Waals surface area contributed by atoms with Crippen molar-refractivity contribution in [3.63, 3.8) is 0 Å². The number of benzene rings is 2. The van der Waals surface area contributed by atoms with E-state index in [0.717, 1.165) is 75.9 Å². The van der Waals surface area contributed by atoms with Gasteiger partial charge in [0, 0.05) is 63.5 Å². The quantitative estimate of drug-likeness (QED) is 0.582. The Hall–Kier alpha value is -3.25. The standard InChI is InChI=1S/C28H33N5O/c1-22-7-9-24(10-8-22)27-29-14-11-26(30-27)32-15-12-25(13-16-32)28(34)33-19-17-31(18-20-33)21-23-5-3-2-4-6-23/h2-11,14,25H,12-13,15-21H2,1H3. The number of carbonyl (C=O) groups excluding carboxylic acids is 1. The number of hydrogen-bond acceptors (Lipinski definition) is 5. The third-order valence-corrected chi connectivity index (χ3v) is 7.05. The van der Waals surface area contributed by atoms with E-state index in [9.17, 15) is 4.79 Å². The maximum Gasteiger partial charge on any atom is 0.225 e. The van der Waals surface area contributed by atoms with Crippen LogP contribution in [-0.2, 0) is 11.3 Å². The van der Waals surface area contributed by atoms with Crippen LogP contribution in [0.15, 0.2) is 66.9 Å². The van der Waals surface area contributed by atoms with E-state index >= 15 is 0 Å². The van der Waals surface area contributed by atoms with Crippen LogP contribution in [0.3, 0.4) is 0 Å². The Balaban J connectivity index is 1.13. The van der Waals surface area contributed by atoms with Crippen molar-refractivity contribution in [2.24, 2.45) is 5.92 Å². The van der Waals surface area contributed by atoms with E-state index in [-0.39, 0.29) is 5.92 Å².